The number of hydrogen-bond donors (Lipinski definition) is 1. The second-order valence-corrected chi connectivity index (χ2v) is 8.57. The van der Waals surface area contributed by atoms with Crippen LogP contribution in [-0.2, 0) is 9.84 Å². The zero-order valence-electron chi connectivity index (χ0n) is 12.6. The lowest BCUT2D eigenvalue weighted by molar-refractivity contribution is 0.453. The van der Waals surface area contributed by atoms with E-state index in [-0.39, 0.29) is 11.3 Å². The maximum absolute atomic E-state index is 11.7. The lowest BCUT2D eigenvalue weighted by atomic mass is 9.94. The predicted octanol–water partition coefficient (Wildman–Crippen LogP) is 3.58. The van der Waals surface area contributed by atoms with Crippen molar-refractivity contribution < 1.29 is 8.42 Å². The average Bonchev–Trinajstić information content (AvgIpc) is 2.38. The van der Waals surface area contributed by atoms with Gasteiger partial charge in [-0.25, -0.2) is 8.42 Å². The van der Waals surface area contributed by atoms with Gasteiger partial charge in [0.2, 0.25) is 0 Å². The highest BCUT2D eigenvalue weighted by Crippen LogP contribution is 2.27. The zero-order valence-corrected chi connectivity index (χ0v) is 13.4. The molecule has 112 valence electrons. The molecule has 1 aliphatic carbocycles. The third-order valence-electron chi connectivity index (χ3n) is 4.16. The minimum absolute atomic E-state index is 0.179. The quantitative estimate of drug-likeness (QED) is 0.923. The second kappa shape index (κ2) is 6.17. The van der Waals surface area contributed by atoms with E-state index in [2.05, 4.69) is 43.4 Å². The molecule has 0 heterocycles. The van der Waals surface area contributed by atoms with Gasteiger partial charge in [-0.1, -0.05) is 32.4 Å². The van der Waals surface area contributed by atoms with E-state index in [0.717, 1.165) is 31.4 Å². The maximum Gasteiger partial charge on any atom is 0.150 e. The topological polar surface area (TPSA) is 46.2 Å². The van der Waals surface area contributed by atoms with Crippen molar-refractivity contribution in [2.75, 3.05) is 11.6 Å². The SMILES string of the molecule is CC(C)c1cccc(NC2CCCC(S(C)(=O)=O)C2)c1. The van der Waals surface area contributed by atoms with Crippen LogP contribution in [0.1, 0.15) is 51.0 Å². The van der Waals surface area contributed by atoms with Gasteiger partial charge in [0.15, 0.2) is 0 Å². The second-order valence-electron chi connectivity index (χ2n) is 6.24. The summed E-state index contributed by atoms with van der Waals surface area (Å²) in [7, 11) is -2.91. The Morgan fingerprint density at radius 1 is 1.25 bits per heavy atom. The molecule has 0 amide bonds. The van der Waals surface area contributed by atoms with Gasteiger partial charge in [0.05, 0.1) is 5.25 Å². The molecule has 0 bridgehead atoms. The van der Waals surface area contributed by atoms with Crippen molar-refractivity contribution in [2.45, 2.75) is 56.7 Å². The molecule has 4 heteroatoms. The summed E-state index contributed by atoms with van der Waals surface area (Å²) in [6.07, 6.45) is 4.93. The number of hydrogen-bond acceptors (Lipinski definition) is 3. The van der Waals surface area contributed by atoms with Crippen LogP contribution in [-0.4, -0.2) is 26.0 Å². The molecule has 1 fully saturated rings. The van der Waals surface area contributed by atoms with Gasteiger partial charge in [-0.15, -0.1) is 0 Å². The largest absolute Gasteiger partial charge is 0.382 e. The Kier molecular flexibility index (Phi) is 4.74. The van der Waals surface area contributed by atoms with Gasteiger partial charge in [-0.05, 0) is 42.9 Å². The smallest absolute Gasteiger partial charge is 0.150 e. The van der Waals surface area contributed by atoms with E-state index >= 15 is 0 Å². The van der Waals surface area contributed by atoms with E-state index in [1.807, 2.05) is 0 Å². The number of rotatable bonds is 4. The first-order chi connectivity index (χ1) is 9.36. The third kappa shape index (κ3) is 3.98. The van der Waals surface area contributed by atoms with Crippen LogP contribution >= 0.6 is 0 Å². The van der Waals surface area contributed by atoms with Crippen molar-refractivity contribution in [3.63, 3.8) is 0 Å². The van der Waals surface area contributed by atoms with Crippen molar-refractivity contribution >= 4 is 15.5 Å². The molecule has 1 aromatic rings. The minimum Gasteiger partial charge on any atom is -0.382 e. The van der Waals surface area contributed by atoms with Crippen LogP contribution < -0.4 is 5.32 Å². The van der Waals surface area contributed by atoms with E-state index in [0.29, 0.717) is 5.92 Å². The van der Waals surface area contributed by atoms with Crippen molar-refractivity contribution in [2.24, 2.45) is 0 Å². The Hall–Kier alpha value is -1.03. The van der Waals surface area contributed by atoms with Crippen molar-refractivity contribution in [3.8, 4) is 0 Å². The number of benzene rings is 1. The predicted molar refractivity (Wildman–Crippen MR) is 85.0 cm³/mol. The highest BCUT2D eigenvalue weighted by atomic mass is 32.2. The van der Waals surface area contributed by atoms with Crippen molar-refractivity contribution in [3.05, 3.63) is 29.8 Å². The van der Waals surface area contributed by atoms with Crippen LogP contribution in [0.15, 0.2) is 24.3 Å². The van der Waals surface area contributed by atoms with E-state index in [1.165, 1.54) is 11.8 Å². The summed E-state index contributed by atoms with van der Waals surface area (Å²) in [5, 5.41) is 3.34. The number of anilines is 1. The molecule has 0 saturated heterocycles. The molecule has 0 aromatic heterocycles. The fourth-order valence-electron chi connectivity index (χ4n) is 2.89. The molecule has 20 heavy (non-hydrogen) atoms. The van der Waals surface area contributed by atoms with Gasteiger partial charge >= 0.3 is 0 Å². The van der Waals surface area contributed by atoms with Crippen LogP contribution in [0.25, 0.3) is 0 Å². The molecule has 0 spiro atoms. The Labute approximate surface area is 122 Å². The Bertz CT molecular complexity index is 551. The van der Waals surface area contributed by atoms with Crippen LogP contribution in [0, 0.1) is 0 Å². The van der Waals surface area contributed by atoms with Gasteiger partial charge in [-0.3, -0.25) is 0 Å². The molecule has 1 aliphatic rings. The summed E-state index contributed by atoms with van der Waals surface area (Å²) in [6, 6.07) is 8.71. The van der Waals surface area contributed by atoms with Crippen molar-refractivity contribution in [1.82, 2.24) is 0 Å². The molecule has 0 aliphatic heterocycles. The molecule has 1 saturated carbocycles. The first kappa shape index (κ1) is 15.4. The van der Waals surface area contributed by atoms with E-state index in [4.69, 9.17) is 0 Å². The highest BCUT2D eigenvalue weighted by molar-refractivity contribution is 7.91. The minimum atomic E-state index is -2.91. The summed E-state index contributed by atoms with van der Waals surface area (Å²) >= 11 is 0. The van der Waals surface area contributed by atoms with Crippen LogP contribution in [0.2, 0.25) is 0 Å². The molecule has 1 aromatic carbocycles. The molecule has 3 nitrogen and oxygen atoms in total. The molecular formula is C16H25NO2S. The van der Waals surface area contributed by atoms with E-state index < -0.39 is 9.84 Å². The Balaban J connectivity index is 2.04. The lowest BCUT2D eigenvalue weighted by Crippen LogP contribution is -2.34. The van der Waals surface area contributed by atoms with E-state index in [1.54, 1.807) is 0 Å². The first-order valence-corrected chi connectivity index (χ1v) is 9.37. The summed E-state index contributed by atoms with van der Waals surface area (Å²) in [6.45, 7) is 4.36. The molecule has 2 rings (SSSR count). The van der Waals surface area contributed by atoms with Gasteiger partial charge in [0.25, 0.3) is 0 Å². The molecule has 2 unspecified atom stereocenters. The Morgan fingerprint density at radius 2 is 2.00 bits per heavy atom. The molecule has 1 N–H and O–H groups in total. The number of nitrogens with one attached hydrogen (secondary N) is 1. The van der Waals surface area contributed by atoms with Gasteiger partial charge in [0.1, 0.15) is 9.84 Å². The summed E-state index contributed by atoms with van der Waals surface area (Å²) in [4.78, 5) is 0. The van der Waals surface area contributed by atoms with Crippen LogP contribution in [0.5, 0.6) is 0 Å². The van der Waals surface area contributed by atoms with Gasteiger partial charge < -0.3 is 5.32 Å². The molecule has 0 radical (unpaired) electrons. The molecule has 2 atom stereocenters. The van der Waals surface area contributed by atoms with Gasteiger partial charge in [-0.2, -0.15) is 0 Å². The number of sulfone groups is 1. The van der Waals surface area contributed by atoms with Gasteiger partial charge in [0, 0.05) is 18.0 Å². The average molecular weight is 295 g/mol. The normalized spacial score (nSPS) is 23.8. The highest BCUT2D eigenvalue weighted by Gasteiger charge is 2.28. The Morgan fingerprint density at radius 3 is 2.65 bits per heavy atom. The fraction of sp³-hybridized carbons (Fsp3) is 0.625. The summed E-state index contributed by atoms with van der Waals surface area (Å²) < 4.78 is 23.4. The van der Waals surface area contributed by atoms with Crippen molar-refractivity contribution in [1.29, 1.82) is 0 Å². The molecular weight excluding hydrogens is 270 g/mol. The third-order valence-corrected chi connectivity index (χ3v) is 5.79. The monoisotopic (exact) mass is 295 g/mol. The van der Waals surface area contributed by atoms with E-state index in [9.17, 15) is 8.42 Å². The van der Waals surface area contributed by atoms with Crippen LogP contribution in [0.3, 0.4) is 0 Å². The first-order valence-electron chi connectivity index (χ1n) is 7.41. The standard InChI is InChI=1S/C16H25NO2S/c1-12(2)13-6-4-7-14(10-13)17-15-8-5-9-16(11-15)20(3,18)19/h4,6-7,10,12,15-17H,5,8-9,11H2,1-3H3. The zero-order chi connectivity index (χ0) is 14.8. The lowest BCUT2D eigenvalue weighted by Gasteiger charge is -2.29. The summed E-state index contributed by atoms with van der Waals surface area (Å²) in [5.41, 5.74) is 2.42. The summed E-state index contributed by atoms with van der Waals surface area (Å²) in [5.74, 6) is 0.506. The fourth-order valence-corrected chi connectivity index (χ4v) is 4.06. The maximum atomic E-state index is 11.7. The van der Waals surface area contributed by atoms with Crippen LogP contribution in [0.4, 0.5) is 5.69 Å².